The van der Waals surface area contributed by atoms with Crippen molar-refractivity contribution in [2.45, 2.75) is 5.75 Å². The number of thioether (sulfide) groups is 1. The molecule has 0 atom stereocenters. The molecule has 2 aromatic carbocycles. The molecule has 0 saturated heterocycles. The Bertz CT molecular complexity index is 666. The molecule has 0 unspecified atom stereocenters. The van der Waals surface area contributed by atoms with E-state index in [4.69, 9.17) is 4.74 Å². The summed E-state index contributed by atoms with van der Waals surface area (Å²) in [6, 6.07) is 12.2. The highest BCUT2D eigenvalue weighted by atomic mass is 79.9. The number of hydrogen-bond donors (Lipinski definition) is 1. The molecule has 0 saturated carbocycles. The van der Waals surface area contributed by atoms with Gasteiger partial charge in [-0.25, -0.2) is 4.39 Å². The Balaban J connectivity index is 1.81. The van der Waals surface area contributed by atoms with Crippen LogP contribution in [0.4, 0.5) is 10.1 Å². The topological polar surface area (TPSA) is 38.3 Å². The summed E-state index contributed by atoms with van der Waals surface area (Å²) < 4.78 is 19.3. The van der Waals surface area contributed by atoms with Crippen LogP contribution < -0.4 is 10.1 Å². The lowest BCUT2D eigenvalue weighted by molar-refractivity contribution is -0.113. The molecular weight excluding hydrogens is 369 g/mol. The second-order valence-corrected chi connectivity index (χ2v) is 6.42. The van der Waals surface area contributed by atoms with Crippen LogP contribution in [-0.4, -0.2) is 18.8 Å². The maximum atomic E-state index is 13.5. The van der Waals surface area contributed by atoms with Gasteiger partial charge in [-0.3, -0.25) is 4.79 Å². The molecule has 0 fully saturated rings. The lowest BCUT2D eigenvalue weighted by atomic mass is 10.2. The molecule has 0 heterocycles. The van der Waals surface area contributed by atoms with Gasteiger partial charge in [0.15, 0.2) is 11.6 Å². The largest absolute Gasteiger partial charge is 0.494 e. The fourth-order valence-electron chi connectivity index (χ4n) is 1.82. The molecule has 0 radical (unpaired) electrons. The summed E-state index contributed by atoms with van der Waals surface area (Å²) >= 11 is 4.78. The fourth-order valence-corrected chi connectivity index (χ4v) is 3.00. The number of rotatable bonds is 6. The van der Waals surface area contributed by atoms with E-state index in [1.54, 1.807) is 12.1 Å². The zero-order valence-corrected chi connectivity index (χ0v) is 14.3. The van der Waals surface area contributed by atoms with Crippen molar-refractivity contribution in [2.75, 3.05) is 18.2 Å². The summed E-state index contributed by atoms with van der Waals surface area (Å²) in [6.07, 6.45) is 0. The zero-order chi connectivity index (χ0) is 15.9. The number of hydrogen-bond acceptors (Lipinski definition) is 3. The van der Waals surface area contributed by atoms with Crippen molar-refractivity contribution in [1.29, 1.82) is 0 Å². The van der Waals surface area contributed by atoms with Gasteiger partial charge in [0.1, 0.15) is 0 Å². The Morgan fingerprint density at radius 1 is 1.32 bits per heavy atom. The first-order chi connectivity index (χ1) is 10.6. The third kappa shape index (κ3) is 5.03. The third-order valence-electron chi connectivity index (χ3n) is 2.83. The molecule has 0 aromatic heterocycles. The maximum absolute atomic E-state index is 13.5. The molecular formula is C16H15BrFNO2S. The smallest absolute Gasteiger partial charge is 0.234 e. The molecule has 0 spiro atoms. The number of nitrogens with one attached hydrogen (secondary N) is 1. The van der Waals surface area contributed by atoms with Gasteiger partial charge < -0.3 is 10.1 Å². The van der Waals surface area contributed by atoms with Crippen LogP contribution in [0.25, 0.3) is 0 Å². The summed E-state index contributed by atoms with van der Waals surface area (Å²) in [5.41, 5.74) is 1.56. The standard InChI is InChI=1S/C16H15BrFNO2S/c1-21-15-6-5-11(7-14(15)18)9-22-10-16(20)19-13-4-2-3-12(17)8-13/h2-8H,9-10H2,1H3,(H,19,20). The van der Waals surface area contributed by atoms with E-state index in [1.807, 2.05) is 24.3 Å². The Morgan fingerprint density at radius 3 is 2.82 bits per heavy atom. The monoisotopic (exact) mass is 383 g/mol. The molecule has 116 valence electrons. The molecule has 22 heavy (non-hydrogen) atoms. The molecule has 1 amide bonds. The van der Waals surface area contributed by atoms with Crippen molar-refractivity contribution in [1.82, 2.24) is 0 Å². The Morgan fingerprint density at radius 2 is 2.14 bits per heavy atom. The van der Waals surface area contributed by atoms with Crippen molar-refractivity contribution in [3.8, 4) is 5.75 Å². The van der Waals surface area contributed by atoms with E-state index in [2.05, 4.69) is 21.2 Å². The van der Waals surface area contributed by atoms with Crippen LogP contribution >= 0.6 is 27.7 Å². The lowest BCUT2D eigenvalue weighted by Crippen LogP contribution is -2.14. The summed E-state index contributed by atoms with van der Waals surface area (Å²) in [7, 11) is 1.43. The van der Waals surface area contributed by atoms with Gasteiger partial charge in [0, 0.05) is 15.9 Å². The maximum Gasteiger partial charge on any atom is 0.234 e. The zero-order valence-electron chi connectivity index (χ0n) is 11.9. The van der Waals surface area contributed by atoms with Crippen molar-refractivity contribution in [3.05, 3.63) is 58.3 Å². The molecule has 0 aliphatic rings. The minimum atomic E-state index is -0.390. The SMILES string of the molecule is COc1ccc(CSCC(=O)Nc2cccc(Br)c2)cc1F. The van der Waals surface area contributed by atoms with Gasteiger partial charge in [-0.05, 0) is 35.9 Å². The summed E-state index contributed by atoms with van der Waals surface area (Å²) in [6.45, 7) is 0. The first kappa shape index (κ1) is 16.8. The first-order valence-corrected chi connectivity index (χ1v) is 8.49. The van der Waals surface area contributed by atoms with E-state index in [0.717, 1.165) is 15.7 Å². The van der Waals surface area contributed by atoms with Crippen LogP contribution in [0.2, 0.25) is 0 Å². The van der Waals surface area contributed by atoms with Crippen molar-refractivity contribution < 1.29 is 13.9 Å². The summed E-state index contributed by atoms with van der Waals surface area (Å²) in [5, 5.41) is 2.81. The normalized spacial score (nSPS) is 10.3. The van der Waals surface area contributed by atoms with Gasteiger partial charge in [-0.15, -0.1) is 11.8 Å². The molecule has 6 heteroatoms. The number of ether oxygens (including phenoxy) is 1. The number of halogens is 2. The van der Waals surface area contributed by atoms with Crippen molar-refractivity contribution in [3.63, 3.8) is 0 Å². The Hall–Kier alpha value is -1.53. The number of carbonyl (C=O) groups excluding carboxylic acids is 1. The second kappa shape index (κ2) is 8.19. The molecule has 1 N–H and O–H groups in total. The van der Waals surface area contributed by atoms with Crippen LogP contribution in [0.15, 0.2) is 46.9 Å². The molecule has 2 aromatic rings. The minimum Gasteiger partial charge on any atom is -0.494 e. The lowest BCUT2D eigenvalue weighted by Gasteiger charge is -2.07. The van der Waals surface area contributed by atoms with E-state index in [9.17, 15) is 9.18 Å². The number of benzene rings is 2. The average molecular weight is 384 g/mol. The number of methoxy groups -OCH3 is 1. The van der Waals surface area contributed by atoms with Gasteiger partial charge in [0.2, 0.25) is 5.91 Å². The third-order valence-corrected chi connectivity index (χ3v) is 4.32. The van der Waals surface area contributed by atoms with Crippen molar-refractivity contribution in [2.24, 2.45) is 0 Å². The quantitative estimate of drug-likeness (QED) is 0.799. The highest BCUT2D eigenvalue weighted by Crippen LogP contribution is 2.21. The number of carbonyl (C=O) groups is 1. The second-order valence-electron chi connectivity index (χ2n) is 4.52. The van der Waals surface area contributed by atoms with Crippen LogP contribution in [0.3, 0.4) is 0 Å². The molecule has 3 nitrogen and oxygen atoms in total. The molecule has 0 bridgehead atoms. The van der Waals surface area contributed by atoms with Crippen LogP contribution in [0.5, 0.6) is 5.75 Å². The fraction of sp³-hybridized carbons (Fsp3) is 0.188. The van der Waals surface area contributed by atoms with Gasteiger partial charge >= 0.3 is 0 Å². The predicted octanol–water partition coefficient (Wildman–Crippen LogP) is 4.47. The van der Waals surface area contributed by atoms with Gasteiger partial charge in [-0.1, -0.05) is 28.1 Å². The van der Waals surface area contributed by atoms with Gasteiger partial charge in [0.25, 0.3) is 0 Å². The van der Waals surface area contributed by atoms with E-state index >= 15 is 0 Å². The van der Waals surface area contributed by atoms with E-state index < -0.39 is 0 Å². The minimum absolute atomic E-state index is 0.0860. The van der Waals surface area contributed by atoms with Crippen LogP contribution in [0.1, 0.15) is 5.56 Å². The highest BCUT2D eigenvalue weighted by Gasteiger charge is 2.06. The van der Waals surface area contributed by atoms with Gasteiger partial charge in [0.05, 0.1) is 12.9 Å². The van der Waals surface area contributed by atoms with Gasteiger partial charge in [-0.2, -0.15) is 0 Å². The molecule has 0 aliphatic heterocycles. The number of amides is 1. The van der Waals surface area contributed by atoms with Crippen molar-refractivity contribution >= 4 is 39.3 Å². The number of anilines is 1. The van der Waals surface area contributed by atoms with Crippen LogP contribution in [0, 0.1) is 5.82 Å². The van der Waals surface area contributed by atoms with E-state index in [-0.39, 0.29) is 17.5 Å². The summed E-state index contributed by atoms with van der Waals surface area (Å²) in [4.78, 5) is 11.8. The van der Waals surface area contributed by atoms with E-state index in [0.29, 0.717) is 11.5 Å². The van der Waals surface area contributed by atoms with Crippen LogP contribution in [-0.2, 0) is 10.5 Å². The Kier molecular flexibility index (Phi) is 6.27. The molecule has 0 aliphatic carbocycles. The highest BCUT2D eigenvalue weighted by molar-refractivity contribution is 9.10. The summed E-state index contributed by atoms with van der Waals surface area (Å²) in [5.74, 6) is 0.616. The predicted molar refractivity (Wildman–Crippen MR) is 91.9 cm³/mol. The molecule has 2 rings (SSSR count). The first-order valence-electron chi connectivity index (χ1n) is 6.54. The van der Waals surface area contributed by atoms with E-state index in [1.165, 1.54) is 24.9 Å². The average Bonchev–Trinajstić information content (AvgIpc) is 2.47. The Labute approximate surface area is 141 Å².